The number of nitro groups is 1. The van der Waals surface area contributed by atoms with Crippen LogP contribution in [0.2, 0.25) is 0 Å². The molecule has 1 aromatic carbocycles. The molecule has 0 spiro atoms. The average molecular weight is 235 g/mol. The molecule has 7 nitrogen and oxygen atoms in total. The van der Waals surface area contributed by atoms with Crippen LogP contribution in [0.5, 0.6) is 0 Å². The van der Waals surface area contributed by atoms with Crippen molar-refractivity contribution in [1.82, 2.24) is 5.01 Å². The van der Waals surface area contributed by atoms with E-state index in [0.717, 1.165) is 5.56 Å². The summed E-state index contributed by atoms with van der Waals surface area (Å²) in [4.78, 5) is 10.2. The molecule has 1 rings (SSSR count). The number of nitrogens with two attached hydrogens (primary N) is 1. The maximum absolute atomic E-state index is 10.2. The van der Waals surface area contributed by atoms with E-state index in [4.69, 9.17) is 5.73 Å². The summed E-state index contributed by atoms with van der Waals surface area (Å²) in [5.41, 5.74) is 6.40. The third kappa shape index (κ3) is 4.29. The molecule has 0 radical (unpaired) electrons. The van der Waals surface area contributed by atoms with E-state index in [1.54, 1.807) is 6.92 Å². The zero-order valence-corrected chi connectivity index (χ0v) is 9.35. The van der Waals surface area contributed by atoms with Crippen molar-refractivity contribution < 1.29 is 5.03 Å². The van der Waals surface area contributed by atoms with Crippen molar-refractivity contribution in [2.24, 2.45) is 15.9 Å². The zero-order chi connectivity index (χ0) is 12.7. The summed E-state index contributed by atoms with van der Waals surface area (Å²) in [7, 11) is 0. The highest BCUT2D eigenvalue weighted by Crippen LogP contribution is 2.04. The second-order valence-electron chi connectivity index (χ2n) is 3.11. The van der Waals surface area contributed by atoms with Crippen LogP contribution >= 0.6 is 0 Å². The van der Waals surface area contributed by atoms with Gasteiger partial charge in [-0.1, -0.05) is 30.3 Å². The molecule has 0 aliphatic carbocycles. The maximum Gasteiger partial charge on any atom is 0.289 e. The molecule has 0 saturated heterocycles. The summed E-state index contributed by atoms with van der Waals surface area (Å²) < 4.78 is 0. The topological polar surface area (TPSA) is 97.1 Å². The van der Waals surface area contributed by atoms with E-state index in [2.05, 4.69) is 10.2 Å². The second kappa shape index (κ2) is 6.21. The summed E-state index contributed by atoms with van der Waals surface area (Å²) in [5.74, 6) is -0.253. The molecule has 0 saturated carbocycles. The SMILES string of the molecule is C/C=N/N(Cc1ccccc1)/C(N)=N/[N+](=O)[O-]. The van der Waals surface area contributed by atoms with E-state index in [9.17, 15) is 10.1 Å². The third-order valence-corrected chi connectivity index (χ3v) is 1.88. The molecule has 0 aromatic heterocycles. The number of hydrogen-bond acceptors (Lipinski definition) is 3. The van der Waals surface area contributed by atoms with E-state index >= 15 is 0 Å². The zero-order valence-electron chi connectivity index (χ0n) is 9.35. The molecule has 90 valence electrons. The fraction of sp³-hybridized carbons (Fsp3) is 0.200. The Morgan fingerprint density at radius 1 is 1.53 bits per heavy atom. The van der Waals surface area contributed by atoms with Gasteiger partial charge < -0.3 is 5.73 Å². The summed E-state index contributed by atoms with van der Waals surface area (Å²) in [6.07, 6.45) is 1.49. The van der Waals surface area contributed by atoms with Gasteiger partial charge in [-0.3, -0.25) is 0 Å². The molecule has 0 unspecified atom stereocenters. The smallest absolute Gasteiger partial charge is 0.289 e. The Hall–Kier alpha value is -2.44. The van der Waals surface area contributed by atoms with Gasteiger partial charge in [0.1, 0.15) is 5.10 Å². The van der Waals surface area contributed by atoms with Crippen LogP contribution in [0.25, 0.3) is 0 Å². The minimum Gasteiger partial charge on any atom is -0.363 e. The van der Waals surface area contributed by atoms with Crippen LogP contribution in [-0.2, 0) is 6.54 Å². The van der Waals surface area contributed by atoms with Gasteiger partial charge >= 0.3 is 0 Å². The van der Waals surface area contributed by atoms with E-state index in [0.29, 0.717) is 6.54 Å². The maximum atomic E-state index is 10.2. The fourth-order valence-corrected chi connectivity index (χ4v) is 1.21. The first-order chi connectivity index (χ1) is 8.13. The Balaban J connectivity index is 2.84. The van der Waals surface area contributed by atoms with Crippen LogP contribution in [0.15, 0.2) is 40.5 Å². The molecule has 0 aliphatic rings. The minimum absolute atomic E-state index is 0.253. The Kier molecular flexibility index (Phi) is 4.61. The number of nitrogens with zero attached hydrogens (tertiary/aromatic N) is 4. The Morgan fingerprint density at radius 2 is 2.18 bits per heavy atom. The lowest BCUT2D eigenvalue weighted by atomic mass is 10.2. The fourth-order valence-electron chi connectivity index (χ4n) is 1.21. The predicted octanol–water partition coefficient (Wildman–Crippen LogP) is 1.00. The van der Waals surface area contributed by atoms with Crippen molar-refractivity contribution in [2.75, 3.05) is 0 Å². The quantitative estimate of drug-likeness (QED) is 0.364. The van der Waals surface area contributed by atoms with E-state index in [-0.39, 0.29) is 5.96 Å². The molecular weight excluding hydrogens is 222 g/mol. The van der Waals surface area contributed by atoms with Crippen LogP contribution in [0.4, 0.5) is 0 Å². The lowest BCUT2D eigenvalue weighted by Crippen LogP contribution is -2.33. The summed E-state index contributed by atoms with van der Waals surface area (Å²) in [5, 5.41) is 17.6. The van der Waals surface area contributed by atoms with Crippen molar-refractivity contribution in [3.05, 3.63) is 46.0 Å². The van der Waals surface area contributed by atoms with Gasteiger partial charge in [0.05, 0.1) is 6.54 Å². The van der Waals surface area contributed by atoms with Crippen LogP contribution in [-0.4, -0.2) is 22.2 Å². The van der Waals surface area contributed by atoms with Gasteiger partial charge in [0.15, 0.2) is 5.03 Å². The van der Waals surface area contributed by atoms with Gasteiger partial charge in [0.2, 0.25) is 0 Å². The molecule has 0 aliphatic heterocycles. The monoisotopic (exact) mass is 235 g/mol. The molecular formula is C10H13N5O2. The Labute approximate surface area is 98.4 Å². The molecule has 17 heavy (non-hydrogen) atoms. The summed E-state index contributed by atoms with van der Waals surface area (Å²) >= 11 is 0. The molecule has 0 atom stereocenters. The first-order valence-electron chi connectivity index (χ1n) is 4.92. The Bertz CT molecular complexity index is 430. The third-order valence-electron chi connectivity index (χ3n) is 1.88. The molecule has 0 amide bonds. The van der Waals surface area contributed by atoms with Gasteiger partial charge in [-0.05, 0) is 12.5 Å². The standard InChI is InChI=1S/C10H13N5O2/c1-2-12-14(10(11)13-15(16)17)8-9-6-4-3-5-7-9/h2-7H,8H2,1H3,(H2,11,13)/b12-2+. The first kappa shape index (κ1) is 12.6. The van der Waals surface area contributed by atoms with Crippen molar-refractivity contribution in [3.8, 4) is 0 Å². The van der Waals surface area contributed by atoms with Gasteiger partial charge in [-0.25, -0.2) is 15.1 Å². The highest BCUT2D eigenvalue weighted by atomic mass is 16.7. The van der Waals surface area contributed by atoms with Gasteiger partial charge in [-0.2, -0.15) is 5.10 Å². The number of guanidine groups is 1. The highest BCUT2D eigenvalue weighted by molar-refractivity contribution is 5.77. The summed E-state index contributed by atoms with van der Waals surface area (Å²) in [6.45, 7) is 2.02. The van der Waals surface area contributed by atoms with Crippen molar-refractivity contribution in [2.45, 2.75) is 13.5 Å². The molecule has 0 heterocycles. The highest BCUT2D eigenvalue weighted by Gasteiger charge is 2.10. The average Bonchev–Trinajstić information content (AvgIpc) is 2.29. The van der Waals surface area contributed by atoms with Crippen molar-refractivity contribution >= 4 is 12.2 Å². The van der Waals surface area contributed by atoms with Crippen LogP contribution in [0.3, 0.4) is 0 Å². The second-order valence-corrected chi connectivity index (χ2v) is 3.11. The predicted molar refractivity (Wildman–Crippen MR) is 64.8 cm³/mol. The summed E-state index contributed by atoms with van der Waals surface area (Å²) in [6, 6.07) is 9.36. The van der Waals surface area contributed by atoms with Crippen molar-refractivity contribution in [3.63, 3.8) is 0 Å². The molecule has 0 fully saturated rings. The normalized spacial score (nSPS) is 11.7. The molecule has 1 aromatic rings. The van der Waals surface area contributed by atoms with Crippen molar-refractivity contribution in [1.29, 1.82) is 0 Å². The van der Waals surface area contributed by atoms with Crippen LogP contribution < -0.4 is 5.73 Å². The molecule has 0 bridgehead atoms. The minimum atomic E-state index is -0.849. The number of benzene rings is 1. The van der Waals surface area contributed by atoms with E-state index in [1.807, 2.05) is 30.3 Å². The van der Waals surface area contributed by atoms with Crippen LogP contribution in [0, 0.1) is 10.1 Å². The van der Waals surface area contributed by atoms with E-state index < -0.39 is 5.03 Å². The van der Waals surface area contributed by atoms with Gasteiger partial charge in [0, 0.05) is 6.21 Å². The lowest BCUT2D eigenvalue weighted by molar-refractivity contribution is -0.485. The number of hydrogen-bond donors (Lipinski definition) is 1. The van der Waals surface area contributed by atoms with Gasteiger partial charge in [0.25, 0.3) is 5.96 Å². The molecule has 7 heteroatoms. The molecule has 2 N–H and O–H groups in total. The lowest BCUT2D eigenvalue weighted by Gasteiger charge is -2.15. The van der Waals surface area contributed by atoms with Crippen LogP contribution in [0.1, 0.15) is 12.5 Å². The van der Waals surface area contributed by atoms with E-state index in [1.165, 1.54) is 11.2 Å². The largest absolute Gasteiger partial charge is 0.363 e. The number of hydrazone groups is 2. The number of rotatable bonds is 4. The van der Waals surface area contributed by atoms with Gasteiger partial charge in [-0.15, -0.1) is 0 Å². The Morgan fingerprint density at radius 3 is 2.71 bits per heavy atom. The first-order valence-corrected chi connectivity index (χ1v) is 4.92.